The first-order chi connectivity index (χ1) is 15.4. The van der Waals surface area contributed by atoms with Gasteiger partial charge in [-0.15, -0.1) is 0 Å². The molecule has 5 heteroatoms. The van der Waals surface area contributed by atoms with Crippen LogP contribution in [0.4, 0.5) is 13.2 Å². The third kappa shape index (κ3) is 6.87. The largest absolute Gasteiger partial charge is 0.429 e. The first-order valence-corrected chi connectivity index (χ1v) is 13.3. The Hall–Kier alpha value is -1.75. The van der Waals surface area contributed by atoms with E-state index >= 15 is 0 Å². The van der Waals surface area contributed by atoms with Crippen molar-refractivity contribution in [2.24, 2.45) is 5.92 Å². The molecule has 0 bridgehead atoms. The van der Waals surface area contributed by atoms with E-state index in [1.165, 1.54) is 31.4 Å². The number of ether oxygens (including phenoxy) is 1. The van der Waals surface area contributed by atoms with Crippen LogP contribution in [0.15, 0.2) is 42.5 Å². The number of benzene rings is 2. The summed E-state index contributed by atoms with van der Waals surface area (Å²) in [5, 5.41) is 1.12. The van der Waals surface area contributed by atoms with Gasteiger partial charge in [0.05, 0.1) is 15.1 Å². The molecule has 0 aliphatic heterocycles. The number of hydrogen-bond acceptors (Lipinski definition) is 1. The molecule has 0 spiro atoms. The van der Waals surface area contributed by atoms with Gasteiger partial charge in [-0.3, -0.25) is 0 Å². The Morgan fingerprint density at radius 2 is 1.62 bits per heavy atom. The van der Waals surface area contributed by atoms with Gasteiger partial charge in [0.1, 0.15) is 11.6 Å². The smallest absolute Gasteiger partial charge is 0.429 e. The van der Waals surface area contributed by atoms with E-state index in [0.717, 1.165) is 61.2 Å². The predicted molar refractivity (Wildman–Crippen MR) is 127 cm³/mol. The molecule has 0 amide bonds. The summed E-state index contributed by atoms with van der Waals surface area (Å²) >= 11 is 0. The van der Waals surface area contributed by atoms with Crippen molar-refractivity contribution >= 4 is 14.7 Å². The SMILES string of the molecule is CCCC[Si]c1ccc(OC(F)(F)c2ccc(C3CCC(CCCC)CC3)cc2F)cc1. The second kappa shape index (κ2) is 11.9. The summed E-state index contributed by atoms with van der Waals surface area (Å²) in [7, 11) is 0.662. The van der Waals surface area contributed by atoms with Gasteiger partial charge in [-0.05, 0) is 67.3 Å². The Balaban J connectivity index is 1.61. The maximum Gasteiger partial charge on any atom is 0.429 e. The van der Waals surface area contributed by atoms with Crippen LogP contribution in [-0.4, -0.2) is 9.52 Å². The van der Waals surface area contributed by atoms with Crippen LogP contribution < -0.4 is 9.92 Å². The molecule has 2 aromatic carbocycles. The summed E-state index contributed by atoms with van der Waals surface area (Å²) in [5.74, 6) is 0.171. The Labute approximate surface area is 193 Å². The summed E-state index contributed by atoms with van der Waals surface area (Å²) in [6.45, 7) is 4.35. The lowest BCUT2D eigenvalue weighted by Crippen LogP contribution is -2.24. The minimum atomic E-state index is -3.72. The minimum Gasteiger partial charge on any atom is -0.429 e. The second-order valence-corrected chi connectivity index (χ2v) is 10.5. The van der Waals surface area contributed by atoms with Crippen LogP contribution in [0.3, 0.4) is 0 Å². The highest BCUT2D eigenvalue weighted by Crippen LogP contribution is 2.39. The molecule has 0 unspecified atom stereocenters. The molecule has 1 saturated carbocycles. The fraction of sp³-hybridized carbons (Fsp3) is 0.556. The van der Waals surface area contributed by atoms with Crippen molar-refractivity contribution in [3.8, 4) is 5.75 Å². The van der Waals surface area contributed by atoms with Crippen LogP contribution in [0.1, 0.15) is 88.7 Å². The molecule has 0 aromatic heterocycles. The molecule has 0 N–H and O–H groups in total. The fourth-order valence-electron chi connectivity index (χ4n) is 4.55. The van der Waals surface area contributed by atoms with Gasteiger partial charge in [0, 0.05) is 0 Å². The zero-order chi connectivity index (χ0) is 23.0. The van der Waals surface area contributed by atoms with Gasteiger partial charge in [-0.25, -0.2) is 4.39 Å². The van der Waals surface area contributed by atoms with Crippen LogP contribution >= 0.6 is 0 Å². The van der Waals surface area contributed by atoms with Crippen molar-refractivity contribution in [3.05, 3.63) is 59.4 Å². The summed E-state index contributed by atoms with van der Waals surface area (Å²) in [6.07, 6.45) is 6.62. The lowest BCUT2D eigenvalue weighted by atomic mass is 9.77. The molecule has 3 rings (SSSR count). The molecule has 0 heterocycles. The van der Waals surface area contributed by atoms with Gasteiger partial charge in [-0.2, -0.15) is 8.78 Å². The third-order valence-corrected chi connectivity index (χ3v) is 7.90. The van der Waals surface area contributed by atoms with E-state index in [2.05, 4.69) is 13.8 Å². The van der Waals surface area contributed by atoms with E-state index in [0.29, 0.717) is 9.52 Å². The molecule has 1 nitrogen and oxygen atoms in total. The third-order valence-electron chi connectivity index (χ3n) is 6.55. The Bertz CT molecular complexity index is 829. The van der Waals surface area contributed by atoms with E-state index in [1.807, 2.05) is 12.1 Å². The molecule has 2 radical (unpaired) electrons. The van der Waals surface area contributed by atoms with Crippen molar-refractivity contribution in [1.82, 2.24) is 0 Å². The predicted octanol–water partition coefficient (Wildman–Crippen LogP) is 7.97. The number of alkyl halides is 2. The average molecular weight is 461 g/mol. The summed E-state index contributed by atoms with van der Waals surface area (Å²) in [5.41, 5.74) is 0.125. The molecular formula is C27H35F3OSi. The van der Waals surface area contributed by atoms with Crippen molar-refractivity contribution in [1.29, 1.82) is 0 Å². The van der Waals surface area contributed by atoms with Crippen molar-refractivity contribution in [2.45, 2.75) is 89.7 Å². The highest BCUT2D eigenvalue weighted by atomic mass is 28.2. The van der Waals surface area contributed by atoms with Crippen LogP contribution in [-0.2, 0) is 6.11 Å². The van der Waals surface area contributed by atoms with E-state index < -0.39 is 17.5 Å². The van der Waals surface area contributed by atoms with Gasteiger partial charge in [0.25, 0.3) is 0 Å². The maximum absolute atomic E-state index is 14.7. The zero-order valence-corrected chi connectivity index (χ0v) is 20.3. The van der Waals surface area contributed by atoms with Gasteiger partial charge in [0.15, 0.2) is 0 Å². The first kappa shape index (κ1) is 24.9. The molecule has 0 saturated heterocycles. The second-order valence-electron chi connectivity index (χ2n) is 9.02. The highest BCUT2D eigenvalue weighted by molar-refractivity contribution is 6.53. The highest BCUT2D eigenvalue weighted by Gasteiger charge is 2.38. The number of halogens is 3. The lowest BCUT2D eigenvalue weighted by Gasteiger charge is -2.29. The lowest BCUT2D eigenvalue weighted by molar-refractivity contribution is -0.187. The summed E-state index contributed by atoms with van der Waals surface area (Å²) in [4.78, 5) is 0. The van der Waals surface area contributed by atoms with Gasteiger partial charge in [-0.1, -0.05) is 75.4 Å². The first-order valence-electron chi connectivity index (χ1n) is 12.1. The number of rotatable bonds is 11. The van der Waals surface area contributed by atoms with Crippen LogP contribution in [0.25, 0.3) is 0 Å². The Morgan fingerprint density at radius 1 is 0.938 bits per heavy atom. The molecule has 1 aliphatic carbocycles. The molecule has 174 valence electrons. The number of unbranched alkanes of at least 4 members (excludes halogenated alkanes) is 2. The van der Waals surface area contributed by atoms with Crippen LogP contribution in [0, 0.1) is 11.7 Å². The number of hydrogen-bond donors (Lipinski definition) is 0. The summed E-state index contributed by atoms with van der Waals surface area (Å²) in [6, 6.07) is 12.0. The molecule has 0 atom stereocenters. The molecule has 1 fully saturated rings. The Morgan fingerprint density at radius 3 is 2.25 bits per heavy atom. The molecule has 32 heavy (non-hydrogen) atoms. The van der Waals surface area contributed by atoms with Crippen LogP contribution in [0.5, 0.6) is 5.75 Å². The van der Waals surface area contributed by atoms with Gasteiger partial charge < -0.3 is 4.74 Å². The topological polar surface area (TPSA) is 9.23 Å². The summed E-state index contributed by atoms with van der Waals surface area (Å²) < 4.78 is 49.1. The van der Waals surface area contributed by atoms with Crippen LogP contribution in [0.2, 0.25) is 6.04 Å². The molecule has 1 aliphatic rings. The Kier molecular flexibility index (Phi) is 9.27. The van der Waals surface area contributed by atoms with E-state index in [1.54, 1.807) is 18.2 Å². The average Bonchev–Trinajstić information content (AvgIpc) is 2.79. The molecular weight excluding hydrogens is 425 g/mol. The van der Waals surface area contributed by atoms with Crippen molar-refractivity contribution in [2.75, 3.05) is 0 Å². The minimum absolute atomic E-state index is 0.0490. The zero-order valence-electron chi connectivity index (χ0n) is 19.3. The van der Waals surface area contributed by atoms with Crippen molar-refractivity contribution < 1.29 is 17.9 Å². The van der Waals surface area contributed by atoms with E-state index in [4.69, 9.17) is 4.74 Å². The van der Waals surface area contributed by atoms with Gasteiger partial charge in [0.2, 0.25) is 0 Å². The van der Waals surface area contributed by atoms with E-state index in [-0.39, 0.29) is 11.7 Å². The monoisotopic (exact) mass is 460 g/mol. The quantitative estimate of drug-likeness (QED) is 0.244. The van der Waals surface area contributed by atoms with Crippen molar-refractivity contribution in [3.63, 3.8) is 0 Å². The normalized spacial score (nSPS) is 19.2. The van der Waals surface area contributed by atoms with Gasteiger partial charge >= 0.3 is 6.11 Å². The fourth-order valence-corrected chi connectivity index (χ4v) is 5.77. The maximum atomic E-state index is 14.7. The standard InChI is InChI=1S/C27H35F3OSi/c1-3-5-7-20-8-10-21(11-9-20)22-12-17-25(26(28)19-22)27(29,30)31-23-13-15-24(16-14-23)32-18-6-4-2/h12-17,19-21H,3-11,18H2,1-2H3. The van der Waals surface area contributed by atoms with E-state index in [9.17, 15) is 13.2 Å². The molecule has 2 aromatic rings.